The molecular weight excluding hydrogens is 618 g/mol. The lowest BCUT2D eigenvalue weighted by Crippen LogP contribution is -2.41. The van der Waals surface area contributed by atoms with Gasteiger partial charge in [-0.25, -0.2) is 9.78 Å². The van der Waals surface area contributed by atoms with Crippen LogP contribution >= 0.6 is 0 Å². The molecule has 49 heavy (non-hydrogen) atoms. The number of amides is 4. The van der Waals surface area contributed by atoms with Crippen molar-refractivity contribution in [3.05, 3.63) is 118 Å². The molecule has 1 aliphatic heterocycles. The predicted octanol–water partition coefficient (Wildman–Crippen LogP) is 7.57. The number of urea groups is 1. The smallest absolute Gasteiger partial charge is 0.326 e. The number of ether oxygens (including phenoxy) is 1. The molecule has 3 heterocycles. The third-order valence-electron chi connectivity index (χ3n) is 8.85. The first-order chi connectivity index (χ1) is 23.6. The van der Waals surface area contributed by atoms with E-state index in [4.69, 9.17) is 4.74 Å². The third kappa shape index (κ3) is 6.54. The molecule has 5 aromatic rings. The average molecular weight is 658 g/mol. The Morgan fingerprint density at radius 1 is 0.857 bits per heavy atom. The van der Waals surface area contributed by atoms with Gasteiger partial charge in [-0.3, -0.25) is 24.2 Å². The number of imide groups is 1. The predicted molar refractivity (Wildman–Crippen MR) is 192 cm³/mol. The summed E-state index contributed by atoms with van der Waals surface area (Å²) in [7, 11) is 1.64. The molecule has 0 spiro atoms. The Morgan fingerprint density at radius 3 is 2.16 bits per heavy atom. The molecule has 0 saturated carbocycles. The zero-order chi connectivity index (χ0) is 34.8. The van der Waals surface area contributed by atoms with E-state index in [0.29, 0.717) is 27.8 Å². The summed E-state index contributed by atoms with van der Waals surface area (Å²) in [5.41, 5.74) is 5.34. The Labute approximate surface area is 284 Å². The molecule has 10 heteroatoms. The Balaban J connectivity index is 1.36. The van der Waals surface area contributed by atoms with Gasteiger partial charge in [-0.2, -0.15) is 0 Å². The number of nitrogens with zero attached hydrogens (tertiary/aromatic N) is 3. The van der Waals surface area contributed by atoms with Gasteiger partial charge >= 0.3 is 6.03 Å². The molecule has 6 rings (SSSR count). The van der Waals surface area contributed by atoms with Crippen LogP contribution in [0.3, 0.4) is 0 Å². The van der Waals surface area contributed by atoms with Crippen molar-refractivity contribution in [2.45, 2.75) is 46.0 Å². The number of hydrogen-bond donors (Lipinski definition) is 2. The van der Waals surface area contributed by atoms with Crippen LogP contribution in [0.2, 0.25) is 0 Å². The summed E-state index contributed by atoms with van der Waals surface area (Å²) in [6, 6.07) is 23.4. The van der Waals surface area contributed by atoms with Crippen molar-refractivity contribution in [2.24, 2.45) is 0 Å². The molecule has 2 aromatic heterocycles. The number of H-pyrrole nitrogens is 1. The molecule has 0 saturated heterocycles. The molecule has 0 aliphatic carbocycles. The first kappa shape index (κ1) is 33.1. The third-order valence-corrected chi connectivity index (χ3v) is 8.85. The summed E-state index contributed by atoms with van der Waals surface area (Å²) in [4.78, 5) is 63.6. The molecule has 0 atom stereocenters. The van der Waals surface area contributed by atoms with E-state index in [0.717, 1.165) is 28.0 Å². The van der Waals surface area contributed by atoms with Crippen LogP contribution in [0.15, 0.2) is 89.9 Å². The first-order valence-electron chi connectivity index (χ1n) is 16.4. The van der Waals surface area contributed by atoms with Gasteiger partial charge in [-0.15, -0.1) is 0 Å². The molecule has 0 unspecified atom stereocenters. The van der Waals surface area contributed by atoms with Crippen molar-refractivity contribution in [1.29, 1.82) is 0 Å². The van der Waals surface area contributed by atoms with E-state index in [9.17, 15) is 19.2 Å². The van der Waals surface area contributed by atoms with Gasteiger partial charge in [0, 0.05) is 30.4 Å². The van der Waals surface area contributed by atoms with Gasteiger partial charge in [0.25, 0.3) is 17.4 Å². The summed E-state index contributed by atoms with van der Waals surface area (Å²) in [5, 5.41) is 3.83. The van der Waals surface area contributed by atoms with Gasteiger partial charge in [-0.1, -0.05) is 52.0 Å². The number of rotatable bonds is 10. The Bertz CT molecular complexity index is 2070. The fourth-order valence-corrected chi connectivity index (χ4v) is 6.27. The SMILES string of the molecule is COc1cccc(-c2cc(C(C)C)c(NC(=O)N(CCCN3C(=O)c4ccccc4C3=O)c3cc4cccnc4[nH]c3=O)c(C(C)C)c2)c1. The molecule has 0 radical (unpaired) electrons. The highest BCUT2D eigenvalue weighted by molar-refractivity contribution is 6.21. The molecule has 3 aromatic carbocycles. The van der Waals surface area contributed by atoms with Crippen LogP contribution < -0.4 is 20.5 Å². The van der Waals surface area contributed by atoms with Crippen LogP contribution in [0.4, 0.5) is 16.2 Å². The number of carbonyl (C=O) groups excluding carboxylic acids is 3. The number of methoxy groups -OCH3 is 1. The summed E-state index contributed by atoms with van der Waals surface area (Å²) in [6.07, 6.45) is 1.83. The number of benzene rings is 3. The minimum atomic E-state index is -0.506. The maximum Gasteiger partial charge on any atom is 0.326 e. The topological polar surface area (TPSA) is 125 Å². The number of fused-ring (bicyclic) bond motifs is 2. The minimum absolute atomic E-state index is 0.0516. The molecule has 1 aliphatic rings. The van der Waals surface area contributed by atoms with E-state index >= 15 is 0 Å². The maximum absolute atomic E-state index is 14.4. The highest BCUT2D eigenvalue weighted by Gasteiger charge is 2.35. The van der Waals surface area contributed by atoms with Gasteiger partial charge in [0.05, 0.1) is 18.2 Å². The van der Waals surface area contributed by atoms with E-state index in [1.807, 2.05) is 30.3 Å². The highest BCUT2D eigenvalue weighted by atomic mass is 16.5. The van der Waals surface area contributed by atoms with Gasteiger partial charge in [0.2, 0.25) is 0 Å². The maximum atomic E-state index is 14.4. The molecule has 2 N–H and O–H groups in total. The number of anilines is 2. The fraction of sp³-hybridized carbons (Fsp3) is 0.256. The van der Waals surface area contributed by atoms with Gasteiger partial charge in [0.1, 0.15) is 17.1 Å². The average Bonchev–Trinajstić information content (AvgIpc) is 3.34. The van der Waals surface area contributed by atoms with Crippen molar-refractivity contribution < 1.29 is 19.1 Å². The van der Waals surface area contributed by atoms with Crippen LogP contribution in [0, 0.1) is 0 Å². The molecule has 0 fully saturated rings. The Morgan fingerprint density at radius 2 is 1.53 bits per heavy atom. The Kier molecular flexibility index (Phi) is 9.31. The molecule has 250 valence electrons. The van der Waals surface area contributed by atoms with Crippen molar-refractivity contribution in [1.82, 2.24) is 14.9 Å². The van der Waals surface area contributed by atoms with E-state index in [1.165, 1.54) is 9.80 Å². The molecular formula is C39H39N5O5. The quantitative estimate of drug-likeness (QED) is 0.149. The summed E-state index contributed by atoms with van der Waals surface area (Å²) < 4.78 is 5.47. The summed E-state index contributed by atoms with van der Waals surface area (Å²) >= 11 is 0. The Hall–Kier alpha value is -5.77. The zero-order valence-corrected chi connectivity index (χ0v) is 28.2. The lowest BCUT2D eigenvalue weighted by atomic mass is 9.88. The minimum Gasteiger partial charge on any atom is -0.497 e. The number of carbonyl (C=O) groups is 3. The van der Waals surface area contributed by atoms with Gasteiger partial charge in [-0.05, 0) is 95.1 Å². The normalized spacial score (nSPS) is 12.6. The lowest BCUT2D eigenvalue weighted by molar-refractivity contribution is 0.0653. The van der Waals surface area contributed by atoms with Crippen molar-refractivity contribution in [2.75, 3.05) is 30.4 Å². The summed E-state index contributed by atoms with van der Waals surface area (Å²) in [5.74, 6) is 0.113. The number of nitrogens with one attached hydrogen (secondary N) is 2. The van der Waals surface area contributed by atoms with Crippen LogP contribution in [-0.4, -0.2) is 52.9 Å². The number of hydrogen-bond acceptors (Lipinski definition) is 6. The standard InChI is InChI=1S/C39H39N5O5/c1-23(2)31-20-27(25-11-8-13-28(19-25)49-5)21-32(24(3)4)34(31)41-39(48)43(33-22-26-12-9-16-40-35(26)42-36(33)45)17-10-18-44-37(46)29-14-6-7-15-30(29)38(44)47/h6-9,11-16,19-24H,10,17-18H2,1-5H3,(H,41,48)(H,40,42,45). The van der Waals surface area contributed by atoms with Crippen LogP contribution in [0.25, 0.3) is 22.2 Å². The number of pyridine rings is 2. The van der Waals surface area contributed by atoms with Gasteiger partial charge < -0.3 is 15.0 Å². The van der Waals surface area contributed by atoms with Crippen LogP contribution in [0.1, 0.15) is 77.8 Å². The molecule has 4 amide bonds. The van der Waals surface area contributed by atoms with Crippen LogP contribution in [-0.2, 0) is 0 Å². The highest BCUT2D eigenvalue weighted by Crippen LogP contribution is 2.38. The second kappa shape index (κ2) is 13.8. The lowest BCUT2D eigenvalue weighted by Gasteiger charge is -2.27. The monoisotopic (exact) mass is 657 g/mol. The number of aromatic nitrogens is 2. The van der Waals surface area contributed by atoms with E-state index in [2.05, 4.69) is 55.1 Å². The zero-order valence-electron chi connectivity index (χ0n) is 28.2. The first-order valence-corrected chi connectivity index (χ1v) is 16.4. The van der Waals surface area contributed by atoms with E-state index in [-0.39, 0.29) is 48.8 Å². The largest absolute Gasteiger partial charge is 0.497 e. The summed E-state index contributed by atoms with van der Waals surface area (Å²) in [6.45, 7) is 8.43. The van der Waals surface area contributed by atoms with Crippen molar-refractivity contribution >= 4 is 40.3 Å². The molecule has 10 nitrogen and oxygen atoms in total. The van der Waals surface area contributed by atoms with Crippen molar-refractivity contribution in [3.8, 4) is 16.9 Å². The van der Waals surface area contributed by atoms with E-state index in [1.54, 1.807) is 49.7 Å². The fourth-order valence-electron chi connectivity index (χ4n) is 6.27. The van der Waals surface area contributed by atoms with Gasteiger partial charge in [0.15, 0.2) is 0 Å². The van der Waals surface area contributed by atoms with Crippen LogP contribution in [0.5, 0.6) is 5.75 Å². The number of aromatic amines is 1. The second-order valence-corrected chi connectivity index (χ2v) is 12.7. The molecule has 0 bridgehead atoms. The second-order valence-electron chi connectivity index (χ2n) is 12.7. The van der Waals surface area contributed by atoms with Crippen molar-refractivity contribution in [3.63, 3.8) is 0 Å². The van der Waals surface area contributed by atoms with E-state index < -0.39 is 11.6 Å².